The van der Waals surface area contributed by atoms with Gasteiger partial charge in [-0.3, -0.25) is 4.90 Å². The van der Waals surface area contributed by atoms with Crippen molar-refractivity contribution in [3.8, 4) is 0 Å². The molecule has 1 aliphatic heterocycles. The van der Waals surface area contributed by atoms with Crippen LogP contribution in [0, 0.1) is 0 Å². The maximum absolute atomic E-state index is 3.52. The maximum atomic E-state index is 3.52. The van der Waals surface area contributed by atoms with Crippen LogP contribution in [0.5, 0.6) is 0 Å². The molecule has 0 saturated carbocycles. The Balaban J connectivity index is 2.28. The van der Waals surface area contributed by atoms with E-state index in [0.717, 1.165) is 12.6 Å². The first-order valence-electron chi connectivity index (χ1n) is 6.71. The normalized spacial score (nSPS) is 24.4. The SMILES string of the molecule is CCC1CCCCCN1CCNC(C)C. The fourth-order valence-corrected chi connectivity index (χ4v) is 2.49. The van der Waals surface area contributed by atoms with Gasteiger partial charge in [0.25, 0.3) is 0 Å². The molecule has 2 heteroatoms. The van der Waals surface area contributed by atoms with E-state index in [1.165, 1.54) is 45.2 Å². The summed E-state index contributed by atoms with van der Waals surface area (Å²) in [5, 5.41) is 3.52. The minimum Gasteiger partial charge on any atom is -0.313 e. The zero-order valence-electron chi connectivity index (χ0n) is 10.8. The Hall–Kier alpha value is -0.0800. The third-order valence-electron chi connectivity index (χ3n) is 3.42. The van der Waals surface area contributed by atoms with Crippen LogP contribution in [-0.2, 0) is 0 Å². The van der Waals surface area contributed by atoms with Gasteiger partial charge < -0.3 is 5.32 Å². The monoisotopic (exact) mass is 212 g/mol. The van der Waals surface area contributed by atoms with Gasteiger partial charge in [-0.15, -0.1) is 0 Å². The van der Waals surface area contributed by atoms with Gasteiger partial charge in [-0.05, 0) is 25.8 Å². The first-order valence-corrected chi connectivity index (χ1v) is 6.71. The molecule has 0 aromatic heterocycles. The fourth-order valence-electron chi connectivity index (χ4n) is 2.49. The largest absolute Gasteiger partial charge is 0.313 e. The van der Waals surface area contributed by atoms with E-state index in [1.54, 1.807) is 0 Å². The first-order chi connectivity index (χ1) is 7.24. The molecule has 1 fully saturated rings. The molecule has 0 bridgehead atoms. The van der Waals surface area contributed by atoms with Crippen molar-refractivity contribution in [2.24, 2.45) is 0 Å². The molecule has 0 aromatic carbocycles. The quantitative estimate of drug-likeness (QED) is 0.753. The van der Waals surface area contributed by atoms with Crippen LogP contribution in [0.1, 0.15) is 52.9 Å². The highest BCUT2D eigenvalue weighted by molar-refractivity contribution is 4.75. The van der Waals surface area contributed by atoms with E-state index >= 15 is 0 Å². The van der Waals surface area contributed by atoms with E-state index < -0.39 is 0 Å². The molecule has 0 amide bonds. The zero-order valence-corrected chi connectivity index (χ0v) is 10.8. The topological polar surface area (TPSA) is 15.3 Å². The highest BCUT2D eigenvalue weighted by Gasteiger charge is 2.18. The van der Waals surface area contributed by atoms with Crippen LogP contribution in [0.2, 0.25) is 0 Å². The molecular formula is C13H28N2. The highest BCUT2D eigenvalue weighted by atomic mass is 15.2. The lowest BCUT2D eigenvalue weighted by Gasteiger charge is -2.29. The summed E-state index contributed by atoms with van der Waals surface area (Å²) < 4.78 is 0. The van der Waals surface area contributed by atoms with Gasteiger partial charge >= 0.3 is 0 Å². The third-order valence-corrected chi connectivity index (χ3v) is 3.42. The van der Waals surface area contributed by atoms with Crippen molar-refractivity contribution >= 4 is 0 Å². The molecule has 1 N–H and O–H groups in total. The fraction of sp³-hybridized carbons (Fsp3) is 1.00. The van der Waals surface area contributed by atoms with E-state index in [9.17, 15) is 0 Å². The Morgan fingerprint density at radius 3 is 2.73 bits per heavy atom. The lowest BCUT2D eigenvalue weighted by Crippen LogP contribution is -2.40. The van der Waals surface area contributed by atoms with E-state index in [4.69, 9.17) is 0 Å². The summed E-state index contributed by atoms with van der Waals surface area (Å²) in [6.45, 7) is 10.5. The molecule has 1 aliphatic rings. The minimum atomic E-state index is 0.622. The predicted molar refractivity (Wildman–Crippen MR) is 67.3 cm³/mol. The van der Waals surface area contributed by atoms with Crippen molar-refractivity contribution in [2.75, 3.05) is 19.6 Å². The average molecular weight is 212 g/mol. The molecule has 0 aliphatic carbocycles. The molecule has 1 rings (SSSR count). The van der Waals surface area contributed by atoms with Crippen molar-refractivity contribution in [3.05, 3.63) is 0 Å². The van der Waals surface area contributed by atoms with Gasteiger partial charge in [0.1, 0.15) is 0 Å². The molecular weight excluding hydrogens is 184 g/mol. The van der Waals surface area contributed by atoms with Gasteiger partial charge in [-0.25, -0.2) is 0 Å². The van der Waals surface area contributed by atoms with Gasteiger partial charge in [0.15, 0.2) is 0 Å². The number of rotatable bonds is 5. The smallest absolute Gasteiger partial charge is 0.0110 e. The number of likely N-dealkylation sites (tertiary alicyclic amines) is 1. The standard InChI is InChI=1S/C13H28N2/c1-4-13-8-6-5-7-10-15(13)11-9-14-12(2)3/h12-14H,4-11H2,1-3H3. The summed E-state index contributed by atoms with van der Waals surface area (Å²) in [5.41, 5.74) is 0. The lowest BCUT2D eigenvalue weighted by molar-refractivity contribution is 0.194. The number of nitrogens with zero attached hydrogens (tertiary/aromatic N) is 1. The van der Waals surface area contributed by atoms with Crippen molar-refractivity contribution in [1.82, 2.24) is 10.2 Å². The summed E-state index contributed by atoms with van der Waals surface area (Å²) in [5.74, 6) is 0. The second kappa shape index (κ2) is 7.24. The molecule has 0 spiro atoms. The van der Waals surface area contributed by atoms with Crippen molar-refractivity contribution < 1.29 is 0 Å². The van der Waals surface area contributed by atoms with E-state index in [-0.39, 0.29) is 0 Å². The lowest BCUT2D eigenvalue weighted by atomic mass is 10.1. The summed E-state index contributed by atoms with van der Waals surface area (Å²) in [4.78, 5) is 2.70. The summed E-state index contributed by atoms with van der Waals surface area (Å²) >= 11 is 0. The predicted octanol–water partition coefficient (Wildman–Crippen LogP) is 2.64. The number of nitrogens with one attached hydrogen (secondary N) is 1. The number of hydrogen-bond acceptors (Lipinski definition) is 2. The maximum Gasteiger partial charge on any atom is 0.0110 e. The second-order valence-electron chi connectivity index (χ2n) is 5.06. The van der Waals surface area contributed by atoms with Crippen molar-refractivity contribution in [3.63, 3.8) is 0 Å². The van der Waals surface area contributed by atoms with Crippen LogP contribution in [-0.4, -0.2) is 36.6 Å². The molecule has 2 nitrogen and oxygen atoms in total. The third kappa shape index (κ3) is 4.98. The summed E-state index contributed by atoms with van der Waals surface area (Å²) in [6.07, 6.45) is 7.01. The second-order valence-corrected chi connectivity index (χ2v) is 5.06. The molecule has 1 saturated heterocycles. The Morgan fingerprint density at radius 1 is 1.27 bits per heavy atom. The summed E-state index contributed by atoms with van der Waals surface area (Å²) in [6, 6.07) is 1.47. The van der Waals surface area contributed by atoms with E-state index in [0.29, 0.717) is 6.04 Å². The van der Waals surface area contributed by atoms with Crippen LogP contribution < -0.4 is 5.32 Å². The van der Waals surface area contributed by atoms with Crippen LogP contribution >= 0.6 is 0 Å². The van der Waals surface area contributed by atoms with E-state index in [1.807, 2.05) is 0 Å². The van der Waals surface area contributed by atoms with Crippen molar-refractivity contribution in [1.29, 1.82) is 0 Å². The van der Waals surface area contributed by atoms with Crippen LogP contribution in [0.4, 0.5) is 0 Å². The minimum absolute atomic E-state index is 0.622. The van der Waals surface area contributed by atoms with Gasteiger partial charge in [0.2, 0.25) is 0 Å². The highest BCUT2D eigenvalue weighted by Crippen LogP contribution is 2.18. The summed E-state index contributed by atoms with van der Waals surface area (Å²) in [7, 11) is 0. The molecule has 90 valence electrons. The van der Waals surface area contributed by atoms with Gasteiger partial charge in [0, 0.05) is 25.2 Å². The van der Waals surface area contributed by atoms with Crippen molar-refractivity contribution in [2.45, 2.75) is 65.0 Å². The Bertz CT molecular complexity index is 157. The molecule has 0 aromatic rings. The average Bonchev–Trinajstić information content (AvgIpc) is 2.42. The Labute approximate surface area is 95.4 Å². The van der Waals surface area contributed by atoms with Gasteiger partial charge in [-0.2, -0.15) is 0 Å². The zero-order chi connectivity index (χ0) is 11.1. The Morgan fingerprint density at radius 2 is 2.07 bits per heavy atom. The van der Waals surface area contributed by atoms with Crippen LogP contribution in [0.3, 0.4) is 0 Å². The van der Waals surface area contributed by atoms with Gasteiger partial charge in [-0.1, -0.05) is 33.6 Å². The first kappa shape index (κ1) is 13.0. The van der Waals surface area contributed by atoms with Crippen LogP contribution in [0.15, 0.2) is 0 Å². The molecule has 1 unspecified atom stereocenters. The van der Waals surface area contributed by atoms with Crippen LogP contribution in [0.25, 0.3) is 0 Å². The molecule has 15 heavy (non-hydrogen) atoms. The Kier molecular flexibility index (Phi) is 6.26. The van der Waals surface area contributed by atoms with E-state index in [2.05, 4.69) is 31.0 Å². The molecule has 1 heterocycles. The van der Waals surface area contributed by atoms with Gasteiger partial charge in [0.05, 0.1) is 0 Å². The number of hydrogen-bond donors (Lipinski definition) is 1. The molecule has 0 radical (unpaired) electrons. The molecule has 1 atom stereocenters.